The summed E-state index contributed by atoms with van der Waals surface area (Å²) in [4.78, 5) is 12.1. The van der Waals surface area contributed by atoms with Gasteiger partial charge in [0, 0.05) is 15.1 Å². The van der Waals surface area contributed by atoms with Gasteiger partial charge in [-0.05, 0) is 69.5 Å². The number of hydrazone groups is 1. The number of rotatable bonds is 7. The van der Waals surface area contributed by atoms with E-state index in [0.29, 0.717) is 33.2 Å². The van der Waals surface area contributed by atoms with E-state index in [9.17, 15) is 4.79 Å². The molecule has 0 heterocycles. The van der Waals surface area contributed by atoms with Gasteiger partial charge < -0.3 is 9.47 Å². The minimum absolute atomic E-state index is 0.353. The zero-order valence-corrected chi connectivity index (χ0v) is 19.8. The molecule has 3 aromatic carbocycles. The fourth-order valence-corrected chi connectivity index (χ4v) is 3.58. The molecule has 0 fully saturated rings. The molecule has 30 heavy (non-hydrogen) atoms. The topological polar surface area (TPSA) is 59.9 Å². The maximum atomic E-state index is 12.1. The van der Waals surface area contributed by atoms with Crippen LogP contribution >= 0.6 is 43.5 Å². The van der Waals surface area contributed by atoms with Crippen molar-refractivity contribution < 1.29 is 14.3 Å². The summed E-state index contributed by atoms with van der Waals surface area (Å²) in [6, 6.07) is 18.1. The van der Waals surface area contributed by atoms with Crippen molar-refractivity contribution in [1.82, 2.24) is 5.43 Å². The van der Waals surface area contributed by atoms with Crippen LogP contribution in [0.15, 0.2) is 74.7 Å². The summed E-state index contributed by atoms with van der Waals surface area (Å²) in [5.74, 6) is 0.777. The Hall–Kier alpha value is -2.35. The van der Waals surface area contributed by atoms with Crippen molar-refractivity contribution in [2.24, 2.45) is 5.10 Å². The van der Waals surface area contributed by atoms with Gasteiger partial charge in [0.25, 0.3) is 5.91 Å². The molecule has 0 bridgehead atoms. The smallest absolute Gasteiger partial charge is 0.271 e. The molecule has 0 radical (unpaired) electrons. The van der Waals surface area contributed by atoms with Crippen LogP contribution in [0.3, 0.4) is 0 Å². The summed E-state index contributed by atoms with van der Waals surface area (Å²) in [5.41, 5.74) is 4.66. The van der Waals surface area contributed by atoms with E-state index in [4.69, 9.17) is 21.1 Å². The molecule has 0 aliphatic carbocycles. The zero-order chi connectivity index (χ0) is 21.5. The molecule has 1 amide bonds. The van der Waals surface area contributed by atoms with Gasteiger partial charge in [0.1, 0.15) is 6.61 Å². The largest absolute Gasteiger partial charge is 0.493 e. The second-order valence-corrected chi connectivity index (χ2v) is 8.37. The number of carbonyl (C=O) groups is 1. The molecule has 0 atom stereocenters. The van der Waals surface area contributed by atoms with Crippen LogP contribution in [0.5, 0.6) is 11.5 Å². The molecule has 0 aromatic heterocycles. The van der Waals surface area contributed by atoms with Crippen molar-refractivity contribution in [3.05, 3.63) is 91.3 Å². The van der Waals surface area contributed by atoms with Crippen LogP contribution < -0.4 is 14.9 Å². The molecule has 3 rings (SSSR count). The molecule has 0 unspecified atom stereocenters. The first-order valence-corrected chi connectivity index (χ1v) is 10.8. The Kier molecular flexibility index (Phi) is 7.90. The Morgan fingerprint density at radius 2 is 1.90 bits per heavy atom. The van der Waals surface area contributed by atoms with E-state index in [1.165, 1.54) is 6.21 Å². The number of halogens is 3. The highest BCUT2D eigenvalue weighted by molar-refractivity contribution is 9.10. The van der Waals surface area contributed by atoms with Crippen LogP contribution in [0, 0.1) is 0 Å². The van der Waals surface area contributed by atoms with Crippen LogP contribution in [0.1, 0.15) is 21.5 Å². The van der Waals surface area contributed by atoms with Crippen molar-refractivity contribution in [1.29, 1.82) is 0 Å². The third kappa shape index (κ3) is 6.08. The van der Waals surface area contributed by atoms with Gasteiger partial charge in [0.2, 0.25) is 0 Å². The Balaban J connectivity index is 1.69. The normalized spacial score (nSPS) is 10.8. The van der Waals surface area contributed by atoms with E-state index in [2.05, 4.69) is 42.4 Å². The van der Waals surface area contributed by atoms with E-state index in [0.717, 1.165) is 15.6 Å². The summed E-state index contributed by atoms with van der Waals surface area (Å²) >= 11 is 12.8. The number of benzene rings is 3. The van der Waals surface area contributed by atoms with E-state index in [-0.39, 0.29) is 5.91 Å². The number of nitrogens with one attached hydrogen (secondary N) is 1. The third-order valence-corrected chi connectivity index (χ3v) is 5.37. The average molecular weight is 553 g/mol. The Morgan fingerprint density at radius 3 is 2.60 bits per heavy atom. The lowest BCUT2D eigenvalue weighted by Gasteiger charge is -2.13. The molecule has 0 spiro atoms. The second kappa shape index (κ2) is 10.6. The SMILES string of the molecule is COc1cc(/C=N\NC(=O)c2cccc(Cl)c2)cc(Br)c1OCc1ccc(Br)cc1. The van der Waals surface area contributed by atoms with E-state index < -0.39 is 0 Å². The molecule has 0 saturated heterocycles. The van der Waals surface area contributed by atoms with Gasteiger partial charge in [0.15, 0.2) is 11.5 Å². The molecule has 8 heteroatoms. The number of hydrogen-bond acceptors (Lipinski definition) is 4. The van der Waals surface area contributed by atoms with Crippen LogP contribution in [0.2, 0.25) is 5.02 Å². The number of ether oxygens (including phenoxy) is 2. The highest BCUT2D eigenvalue weighted by Crippen LogP contribution is 2.36. The number of nitrogens with zero attached hydrogens (tertiary/aromatic N) is 1. The molecular weight excluding hydrogens is 536 g/mol. The minimum atomic E-state index is -0.353. The number of carbonyl (C=O) groups excluding carboxylic acids is 1. The number of hydrogen-bond donors (Lipinski definition) is 1. The molecule has 0 aliphatic rings. The van der Waals surface area contributed by atoms with Crippen molar-refractivity contribution in [3.8, 4) is 11.5 Å². The summed E-state index contributed by atoms with van der Waals surface area (Å²) in [6.07, 6.45) is 1.52. The second-order valence-electron chi connectivity index (χ2n) is 6.16. The molecule has 3 aromatic rings. The van der Waals surface area contributed by atoms with Crippen molar-refractivity contribution >= 4 is 55.6 Å². The van der Waals surface area contributed by atoms with Crippen molar-refractivity contribution in [2.75, 3.05) is 7.11 Å². The molecule has 154 valence electrons. The van der Waals surface area contributed by atoms with E-state index >= 15 is 0 Å². The standard InChI is InChI=1S/C22H17Br2ClN2O3/c1-29-20-10-15(12-26-27-22(28)16-3-2-4-18(25)11-16)9-19(24)21(20)30-13-14-5-7-17(23)8-6-14/h2-12H,13H2,1H3,(H,27,28)/b26-12-. The van der Waals surface area contributed by atoms with Gasteiger partial charge in [0.05, 0.1) is 17.8 Å². The first-order chi connectivity index (χ1) is 14.5. The number of methoxy groups -OCH3 is 1. The first-order valence-electron chi connectivity index (χ1n) is 8.80. The maximum Gasteiger partial charge on any atom is 0.271 e. The summed E-state index contributed by atoms with van der Waals surface area (Å²) in [7, 11) is 1.57. The monoisotopic (exact) mass is 550 g/mol. The molecule has 0 aliphatic heterocycles. The van der Waals surface area contributed by atoms with E-state index in [1.807, 2.05) is 30.3 Å². The van der Waals surface area contributed by atoms with Crippen LogP contribution in [-0.2, 0) is 6.61 Å². The van der Waals surface area contributed by atoms with Crippen LogP contribution in [0.4, 0.5) is 0 Å². The summed E-state index contributed by atoms with van der Waals surface area (Å²) in [5, 5.41) is 4.49. The van der Waals surface area contributed by atoms with Crippen molar-refractivity contribution in [3.63, 3.8) is 0 Å². The van der Waals surface area contributed by atoms with Crippen LogP contribution in [0.25, 0.3) is 0 Å². The van der Waals surface area contributed by atoms with Gasteiger partial charge in [-0.1, -0.05) is 45.7 Å². The molecule has 5 nitrogen and oxygen atoms in total. The average Bonchev–Trinajstić information content (AvgIpc) is 2.73. The van der Waals surface area contributed by atoms with E-state index in [1.54, 1.807) is 37.4 Å². The van der Waals surface area contributed by atoms with Gasteiger partial charge in [-0.2, -0.15) is 5.10 Å². The lowest BCUT2D eigenvalue weighted by atomic mass is 10.2. The molecule has 0 saturated carbocycles. The first kappa shape index (κ1) is 22.3. The summed E-state index contributed by atoms with van der Waals surface area (Å²) < 4.78 is 13.1. The Morgan fingerprint density at radius 1 is 1.13 bits per heavy atom. The molecule has 1 N–H and O–H groups in total. The Labute approximate surface area is 196 Å². The summed E-state index contributed by atoms with van der Waals surface area (Å²) in [6.45, 7) is 0.394. The van der Waals surface area contributed by atoms with Gasteiger partial charge in [-0.15, -0.1) is 0 Å². The maximum absolute atomic E-state index is 12.1. The zero-order valence-electron chi connectivity index (χ0n) is 15.9. The van der Waals surface area contributed by atoms with Gasteiger partial charge >= 0.3 is 0 Å². The lowest BCUT2D eigenvalue weighted by Crippen LogP contribution is -2.17. The lowest BCUT2D eigenvalue weighted by molar-refractivity contribution is 0.0955. The minimum Gasteiger partial charge on any atom is -0.493 e. The van der Waals surface area contributed by atoms with Crippen molar-refractivity contribution in [2.45, 2.75) is 6.61 Å². The van der Waals surface area contributed by atoms with Crippen LogP contribution in [-0.4, -0.2) is 19.2 Å². The quantitative estimate of drug-likeness (QED) is 0.280. The predicted octanol–water partition coefficient (Wildman–Crippen LogP) is 6.22. The number of amides is 1. The predicted molar refractivity (Wildman–Crippen MR) is 126 cm³/mol. The van der Waals surface area contributed by atoms with Gasteiger partial charge in [-0.25, -0.2) is 5.43 Å². The fourth-order valence-electron chi connectivity index (χ4n) is 2.55. The highest BCUT2D eigenvalue weighted by atomic mass is 79.9. The highest BCUT2D eigenvalue weighted by Gasteiger charge is 2.12. The fraction of sp³-hybridized carbons (Fsp3) is 0.0909. The third-order valence-electron chi connectivity index (χ3n) is 4.01. The Bertz CT molecular complexity index is 1070. The van der Waals surface area contributed by atoms with Gasteiger partial charge in [-0.3, -0.25) is 4.79 Å². The molecular formula is C22H17Br2ClN2O3.